The highest BCUT2D eigenvalue weighted by atomic mass is 15.2. The zero-order valence-corrected chi connectivity index (χ0v) is 37.3. The van der Waals surface area contributed by atoms with Crippen LogP contribution in [0.3, 0.4) is 0 Å². The molecule has 3 aromatic rings. The highest BCUT2D eigenvalue weighted by molar-refractivity contribution is 6.84. The Kier molecular flexibility index (Phi) is 9.73. The minimum atomic E-state index is -0.0236. The number of hydrogen-bond acceptors (Lipinski definition) is 2. The molecule has 6 aliphatic rings. The maximum Gasteiger partial charge on any atom is 0.225 e. The van der Waals surface area contributed by atoms with Gasteiger partial charge in [-0.15, -0.1) is 0 Å². The van der Waals surface area contributed by atoms with Crippen molar-refractivity contribution in [3.63, 3.8) is 0 Å². The Morgan fingerprint density at radius 2 is 1.27 bits per heavy atom. The first-order valence-electron chi connectivity index (χ1n) is 22.5. The second-order valence-corrected chi connectivity index (χ2v) is 21.5. The van der Waals surface area contributed by atoms with E-state index < -0.39 is 0 Å². The molecular formula is C56H65BN2. The molecule has 0 amide bonds. The molecule has 2 aliphatic heterocycles. The predicted octanol–water partition coefficient (Wildman–Crippen LogP) is 13.3. The smallest absolute Gasteiger partial charge is 0.225 e. The lowest BCUT2D eigenvalue weighted by molar-refractivity contribution is 0.287. The molecule has 59 heavy (non-hydrogen) atoms. The van der Waals surface area contributed by atoms with Crippen LogP contribution in [0.5, 0.6) is 0 Å². The fraction of sp³-hybridized carbons (Fsp3) is 0.393. The summed E-state index contributed by atoms with van der Waals surface area (Å²) in [6.45, 7) is 24.3. The molecule has 2 heterocycles. The van der Waals surface area contributed by atoms with Gasteiger partial charge in [0.15, 0.2) is 0 Å². The molecule has 0 bridgehead atoms. The van der Waals surface area contributed by atoms with E-state index in [0.29, 0.717) is 17.8 Å². The molecule has 5 unspecified atom stereocenters. The fourth-order valence-electron chi connectivity index (χ4n) is 11.1. The van der Waals surface area contributed by atoms with Crippen LogP contribution < -0.4 is 10.4 Å². The van der Waals surface area contributed by atoms with Crippen LogP contribution in [0.25, 0.3) is 0 Å². The zero-order chi connectivity index (χ0) is 41.5. The SMILES string of the molecule is CC(C)(C)c1ccc2c(c1)N(C1=CC=CC(C(C)(C)C)C1)C1=CC=CC3C1B2C1=CC(C(C)(C)c2ccccc2)CC=C1N3C1=CCC(C(C)(C)c2ccccc2)C=C1. The molecule has 3 aromatic carbocycles. The van der Waals surface area contributed by atoms with Gasteiger partial charge in [-0.1, -0.05) is 196 Å². The molecule has 1 fully saturated rings. The molecule has 5 atom stereocenters. The van der Waals surface area contributed by atoms with Gasteiger partial charge in [0.25, 0.3) is 0 Å². The summed E-state index contributed by atoms with van der Waals surface area (Å²) in [5.74, 6) is 1.51. The van der Waals surface area contributed by atoms with Crippen LogP contribution in [-0.4, -0.2) is 17.7 Å². The Morgan fingerprint density at radius 1 is 0.627 bits per heavy atom. The Bertz CT molecular complexity index is 2360. The molecular weight excluding hydrogens is 711 g/mol. The van der Waals surface area contributed by atoms with E-state index in [2.05, 4.69) is 225 Å². The van der Waals surface area contributed by atoms with Gasteiger partial charge in [-0.2, -0.15) is 0 Å². The van der Waals surface area contributed by atoms with Gasteiger partial charge in [0.1, 0.15) is 0 Å². The van der Waals surface area contributed by atoms with Gasteiger partial charge in [-0.3, -0.25) is 0 Å². The van der Waals surface area contributed by atoms with Crippen molar-refractivity contribution < 1.29 is 0 Å². The van der Waals surface area contributed by atoms with Crippen LogP contribution in [0, 0.1) is 23.2 Å². The second-order valence-electron chi connectivity index (χ2n) is 21.5. The number of nitrogens with zero attached hydrogens (tertiary/aromatic N) is 2. The van der Waals surface area contributed by atoms with Crippen molar-refractivity contribution in [3.05, 3.63) is 191 Å². The second kappa shape index (κ2) is 14.5. The topological polar surface area (TPSA) is 6.48 Å². The highest BCUT2D eigenvalue weighted by Gasteiger charge is 2.54. The first-order valence-corrected chi connectivity index (χ1v) is 22.5. The van der Waals surface area contributed by atoms with Crippen LogP contribution in [0.1, 0.15) is 105 Å². The first kappa shape index (κ1) is 39.7. The number of allylic oxidation sites excluding steroid dienone is 12. The quantitative estimate of drug-likeness (QED) is 0.230. The maximum absolute atomic E-state index is 2.75. The van der Waals surface area contributed by atoms with Crippen molar-refractivity contribution in [1.29, 1.82) is 0 Å². The molecule has 0 N–H and O–H groups in total. The molecule has 9 rings (SSSR count). The third-order valence-electron chi connectivity index (χ3n) is 15.2. The Morgan fingerprint density at radius 3 is 1.90 bits per heavy atom. The summed E-state index contributed by atoms with van der Waals surface area (Å²) < 4.78 is 0. The summed E-state index contributed by atoms with van der Waals surface area (Å²) in [5.41, 5.74) is 14.4. The standard InChI is InChI=1S/C56H65BN2/c1-53(2,3)41-23-17-24-45(35-41)59-50-26-18-25-49-52(50)57(46-33-29-42(37-51(46)59)54(4,5)6)47-36-43(56(9,10)39-21-15-12-16-22-39)30-34-48(47)58(49)44-31-27-40(28-32-44)55(7,8)38-19-13-11-14-20-38/h11-27,29,31-34,36-37,40-41,43,49,52H,28,30,35H2,1-10H3. The number of fused-ring (bicyclic) bond motifs is 4. The van der Waals surface area contributed by atoms with E-state index in [1.807, 2.05) is 0 Å². The lowest BCUT2D eigenvalue weighted by Crippen LogP contribution is -2.60. The van der Waals surface area contributed by atoms with Crippen LogP contribution in [-0.2, 0) is 16.2 Å². The minimum Gasteiger partial charge on any atom is -0.336 e. The van der Waals surface area contributed by atoms with E-state index in [9.17, 15) is 0 Å². The summed E-state index contributed by atoms with van der Waals surface area (Å²) in [5, 5.41) is 0. The molecule has 1 saturated heterocycles. The van der Waals surface area contributed by atoms with E-state index in [-0.39, 0.29) is 40.2 Å². The number of benzene rings is 3. The largest absolute Gasteiger partial charge is 0.336 e. The predicted molar refractivity (Wildman–Crippen MR) is 253 cm³/mol. The normalized spacial score (nSPS) is 25.3. The van der Waals surface area contributed by atoms with E-state index in [1.165, 1.54) is 56.1 Å². The highest BCUT2D eigenvalue weighted by Crippen LogP contribution is 2.55. The van der Waals surface area contributed by atoms with Crippen molar-refractivity contribution in [2.75, 3.05) is 4.90 Å². The molecule has 2 nitrogen and oxygen atoms in total. The molecule has 0 radical (unpaired) electrons. The monoisotopic (exact) mass is 777 g/mol. The molecule has 0 saturated carbocycles. The summed E-state index contributed by atoms with van der Waals surface area (Å²) in [6, 6.07) is 30.0. The maximum atomic E-state index is 2.75. The Balaban J connectivity index is 1.20. The summed E-state index contributed by atoms with van der Waals surface area (Å²) in [4.78, 5) is 5.47. The molecule has 0 spiro atoms. The van der Waals surface area contributed by atoms with Crippen molar-refractivity contribution >= 4 is 17.9 Å². The summed E-state index contributed by atoms with van der Waals surface area (Å²) in [6.07, 6.45) is 30.5. The zero-order valence-electron chi connectivity index (χ0n) is 37.3. The van der Waals surface area contributed by atoms with Crippen LogP contribution in [0.15, 0.2) is 174 Å². The number of rotatable bonds is 6. The van der Waals surface area contributed by atoms with Crippen LogP contribution in [0.2, 0.25) is 5.82 Å². The first-order chi connectivity index (χ1) is 28.0. The van der Waals surface area contributed by atoms with E-state index in [1.54, 1.807) is 0 Å². The summed E-state index contributed by atoms with van der Waals surface area (Å²) >= 11 is 0. The fourth-order valence-corrected chi connectivity index (χ4v) is 11.1. The van der Waals surface area contributed by atoms with E-state index in [0.717, 1.165) is 19.3 Å². The average Bonchev–Trinajstić information content (AvgIpc) is 3.23. The Hall–Kier alpha value is -4.76. The lowest BCUT2D eigenvalue weighted by Gasteiger charge is -2.56. The van der Waals surface area contributed by atoms with Gasteiger partial charge >= 0.3 is 0 Å². The van der Waals surface area contributed by atoms with Gasteiger partial charge in [0.2, 0.25) is 6.71 Å². The third kappa shape index (κ3) is 6.81. The van der Waals surface area contributed by atoms with Crippen molar-refractivity contribution in [1.82, 2.24) is 4.90 Å². The van der Waals surface area contributed by atoms with Gasteiger partial charge in [0, 0.05) is 34.3 Å². The van der Waals surface area contributed by atoms with E-state index in [4.69, 9.17) is 0 Å². The van der Waals surface area contributed by atoms with Gasteiger partial charge in [-0.25, -0.2) is 0 Å². The molecule has 4 aliphatic carbocycles. The molecule has 0 aromatic heterocycles. The Labute approximate surface area is 356 Å². The third-order valence-corrected chi connectivity index (χ3v) is 15.2. The van der Waals surface area contributed by atoms with E-state index >= 15 is 0 Å². The van der Waals surface area contributed by atoms with Crippen molar-refractivity contribution in [2.45, 2.75) is 117 Å². The summed E-state index contributed by atoms with van der Waals surface area (Å²) in [7, 11) is 0. The lowest BCUT2D eigenvalue weighted by atomic mass is 9.27. The van der Waals surface area contributed by atoms with Gasteiger partial charge in [0.05, 0.1) is 6.04 Å². The average molecular weight is 777 g/mol. The minimum absolute atomic E-state index is 0.0236. The van der Waals surface area contributed by atoms with Crippen LogP contribution >= 0.6 is 0 Å². The number of hydrogen-bond donors (Lipinski definition) is 0. The van der Waals surface area contributed by atoms with Crippen LogP contribution in [0.4, 0.5) is 5.69 Å². The molecule has 3 heteroatoms. The molecule has 302 valence electrons. The van der Waals surface area contributed by atoms with Crippen molar-refractivity contribution in [3.8, 4) is 0 Å². The number of anilines is 1. The van der Waals surface area contributed by atoms with Crippen molar-refractivity contribution in [2.24, 2.45) is 23.2 Å². The van der Waals surface area contributed by atoms with Gasteiger partial charge < -0.3 is 9.80 Å². The van der Waals surface area contributed by atoms with Gasteiger partial charge in [-0.05, 0) is 105 Å².